The summed E-state index contributed by atoms with van der Waals surface area (Å²) >= 11 is 0. The first kappa shape index (κ1) is 39.1. The van der Waals surface area contributed by atoms with Crippen LogP contribution in [0.4, 0.5) is 8.78 Å². The third-order valence-electron chi connectivity index (χ3n) is 6.05. The largest absolute Gasteiger partial charge is 0.458 e. The maximum atomic E-state index is 14.6. The van der Waals surface area contributed by atoms with Gasteiger partial charge < -0.3 is 14.8 Å². The van der Waals surface area contributed by atoms with E-state index >= 15 is 0 Å². The van der Waals surface area contributed by atoms with E-state index < -0.39 is 58.7 Å². The van der Waals surface area contributed by atoms with Crippen molar-refractivity contribution in [1.29, 1.82) is 0 Å². The number of halogens is 2. The molecule has 0 fully saturated rings. The molecular formula is C34H46F2N2O6S2. The minimum Gasteiger partial charge on any atom is -0.458 e. The Bertz CT molecular complexity index is 1370. The summed E-state index contributed by atoms with van der Waals surface area (Å²) in [6.45, 7) is 17.9. The number of hydrogen-bond donors (Lipinski definition) is 1. The molecule has 2 unspecified atom stereocenters. The fourth-order valence-electron chi connectivity index (χ4n) is 4.18. The van der Waals surface area contributed by atoms with E-state index in [2.05, 4.69) is 5.32 Å². The van der Waals surface area contributed by atoms with E-state index in [0.29, 0.717) is 6.42 Å². The Labute approximate surface area is 279 Å². The summed E-state index contributed by atoms with van der Waals surface area (Å²) in [5.74, 6) is -3.62. The standard InChI is InChI=1S/C34H46F2N2O6S2/c1-20(2)17-26(31(41)43-33(5,6)7)37-29(39)25-16-15-24(36)19-28(25)45-46-38(30(40)22-11-13-23(35)14-12-22)27(18-21(3)4)32(42)44-34(8,9)10/h11-16,19-21,26-27H,17-18H2,1-10H3,(H,37,39). The average molecular weight is 681 g/mol. The van der Waals surface area contributed by atoms with Gasteiger partial charge in [0.1, 0.15) is 34.9 Å². The molecule has 8 nitrogen and oxygen atoms in total. The third-order valence-corrected chi connectivity index (χ3v) is 8.46. The van der Waals surface area contributed by atoms with E-state index in [0.717, 1.165) is 46.0 Å². The summed E-state index contributed by atoms with van der Waals surface area (Å²) < 4.78 is 40.7. The zero-order valence-corrected chi connectivity index (χ0v) is 29.9. The van der Waals surface area contributed by atoms with E-state index in [1.54, 1.807) is 41.5 Å². The van der Waals surface area contributed by atoms with Gasteiger partial charge in [-0.15, -0.1) is 0 Å². The highest BCUT2D eigenvalue weighted by atomic mass is 33.1. The predicted molar refractivity (Wildman–Crippen MR) is 178 cm³/mol. The Kier molecular flexibility index (Phi) is 14.1. The summed E-state index contributed by atoms with van der Waals surface area (Å²) in [5.41, 5.74) is -1.43. The number of carbonyl (C=O) groups excluding carboxylic acids is 4. The van der Waals surface area contributed by atoms with Crippen LogP contribution in [0.5, 0.6) is 0 Å². The molecule has 0 radical (unpaired) electrons. The normalized spacial score (nSPS) is 13.3. The second-order valence-electron chi connectivity index (χ2n) is 13.8. The number of amides is 2. The van der Waals surface area contributed by atoms with Crippen molar-refractivity contribution in [1.82, 2.24) is 9.62 Å². The number of carbonyl (C=O) groups is 4. The monoisotopic (exact) mass is 680 g/mol. The van der Waals surface area contributed by atoms with Crippen molar-refractivity contribution in [3.63, 3.8) is 0 Å². The molecule has 0 heterocycles. The lowest BCUT2D eigenvalue weighted by molar-refractivity contribution is -0.159. The first-order chi connectivity index (χ1) is 21.2. The predicted octanol–water partition coefficient (Wildman–Crippen LogP) is 8.01. The minimum absolute atomic E-state index is 0.0344. The Morgan fingerprint density at radius 2 is 1.30 bits per heavy atom. The van der Waals surface area contributed by atoms with Gasteiger partial charge in [0.2, 0.25) is 0 Å². The lowest BCUT2D eigenvalue weighted by Gasteiger charge is -2.32. The van der Waals surface area contributed by atoms with E-state index in [9.17, 15) is 28.0 Å². The number of hydrogen-bond acceptors (Lipinski definition) is 8. The van der Waals surface area contributed by atoms with Crippen molar-refractivity contribution in [2.75, 3.05) is 0 Å². The first-order valence-electron chi connectivity index (χ1n) is 15.2. The van der Waals surface area contributed by atoms with Crippen LogP contribution in [0.2, 0.25) is 0 Å². The quantitative estimate of drug-likeness (QED) is 0.129. The summed E-state index contributed by atoms with van der Waals surface area (Å²) in [6.07, 6.45) is 0.546. The van der Waals surface area contributed by atoms with Crippen molar-refractivity contribution < 1.29 is 37.4 Å². The fraction of sp³-hybridized carbons (Fsp3) is 0.529. The van der Waals surface area contributed by atoms with Crippen LogP contribution in [0, 0.1) is 23.5 Å². The molecule has 2 atom stereocenters. The van der Waals surface area contributed by atoms with Crippen LogP contribution in [0.25, 0.3) is 0 Å². The molecule has 1 N–H and O–H groups in total. The van der Waals surface area contributed by atoms with Gasteiger partial charge in [0.25, 0.3) is 11.8 Å². The van der Waals surface area contributed by atoms with Gasteiger partial charge in [-0.05, 0) is 119 Å². The second-order valence-corrected chi connectivity index (χ2v) is 15.9. The van der Waals surface area contributed by atoms with Crippen molar-refractivity contribution in [3.05, 3.63) is 65.2 Å². The molecule has 0 aliphatic carbocycles. The molecule has 0 saturated heterocycles. The molecule has 46 heavy (non-hydrogen) atoms. The maximum absolute atomic E-state index is 14.6. The smallest absolute Gasteiger partial charge is 0.330 e. The zero-order valence-electron chi connectivity index (χ0n) is 28.2. The van der Waals surface area contributed by atoms with Gasteiger partial charge >= 0.3 is 11.9 Å². The molecule has 2 aromatic rings. The number of ether oxygens (including phenoxy) is 2. The Hall–Kier alpha value is -3.12. The lowest BCUT2D eigenvalue weighted by atomic mass is 10.0. The SMILES string of the molecule is CC(C)CC(NC(=O)c1ccc(F)cc1SSN(C(=O)c1ccc(F)cc1)C(CC(C)C)C(=O)OC(C)(C)C)C(=O)OC(C)(C)C. The Balaban J connectivity index is 2.50. The molecule has 12 heteroatoms. The van der Waals surface area contributed by atoms with Gasteiger partial charge in [-0.1, -0.05) is 27.7 Å². The molecule has 254 valence electrons. The molecule has 0 bridgehead atoms. The van der Waals surface area contributed by atoms with Gasteiger partial charge in [-0.25, -0.2) is 18.4 Å². The summed E-state index contributed by atoms with van der Waals surface area (Å²) in [4.78, 5) is 54.0. The van der Waals surface area contributed by atoms with Crippen LogP contribution >= 0.6 is 21.8 Å². The Morgan fingerprint density at radius 1 is 0.783 bits per heavy atom. The van der Waals surface area contributed by atoms with Crippen molar-refractivity contribution >= 4 is 45.5 Å². The van der Waals surface area contributed by atoms with Gasteiger partial charge in [-0.2, -0.15) is 0 Å². The highest BCUT2D eigenvalue weighted by molar-refractivity contribution is 8.76. The summed E-state index contributed by atoms with van der Waals surface area (Å²) in [5, 5.41) is 2.73. The van der Waals surface area contributed by atoms with Gasteiger partial charge in [-0.3, -0.25) is 13.9 Å². The summed E-state index contributed by atoms with van der Waals surface area (Å²) in [6, 6.07) is 6.43. The van der Waals surface area contributed by atoms with Crippen molar-refractivity contribution in [2.24, 2.45) is 11.8 Å². The second kappa shape index (κ2) is 16.6. The number of esters is 2. The van der Waals surface area contributed by atoms with Crippen LogP contribution in [0.3, 0.4) is 0 Å². The van der Waals surface area contributed by atoms with E-state index in [1.165, 1.54) is 22.5 Å². The molecule has 0 aliphatic heterocycles. The van der Waals surface area contributed by atoms with Crippen LogP contribution in [-0.4, -0.2) is 51.3 Å². The third kappa shape index (κ3) is 12.9. The Morgan fingerprint density at radius 3 is 1.83 bits per heavy atom. The first-order valence-corrected chi connectivity index (χ1v) is 17.3. The van der Waals surface area contributed by atoms with Gasteiger partial charge in [0.05, 0.1) is 5.56 Å². The van der Waals surface area contributed by atoms with Crippen LogP contribution < -0.4 is 5.32 Å². The van der Waals surface area contributed by atoms with Crippen molar-refractivity contribution in [2.45, 2.75) is 110 Å². The molecule has 0 aliphatic rings. The summed E-state index contributed by atoms with van der Waals surface area (Å²) in [7, 11) is 1.73. The van der Waals surface area contributed by atoms with E-state index in [-0.39, 0.29) is 34.3 Å². The molecular weight excluding hydrogens is 635 g/mol. The number of rotatable bonds is 13. The lowest BCUT2D eigenvalue weighted by Crippen LogP contribution is -2.45. The zero-order chi connectivity index (χ0) is 35.0. The molecule has 2 amide bonds. The van der Waals surface area contributed by atoms with Crippen molar-refractivity contribution in [3.8, 4) is 0 Å². The molecule has 2 rings (SSSR count). The fourth-order valence-corrected chi connectivity index (χ4v) is 6.61. The molecule has 0 aromatic heterocycles. The highest BCUT2D eigenvalue weighted by Crippen LogP contribution is 2.40. The van der Waals surface area contributed by atoms with Crippen LogP contribution in [-0.2, 0) is 19.1 Å². The van der Waals surface area contributed by atoms with E-state index in [1.807, 2.05) is 27.7 Å². The van der Waals surface area contributed by atoms with Gasteiger partial charge in [0.15, 0.2) is 0 Å². The molecule has 0 spiro atoms. The van der Waals surface area contributed by atoms with Gasteiger partial charge in [0, 0.05) is 21.4 Å². The van der Waals surface area contributed by atoms with Crippen LogP contribution in [0.15, 0.2) is 47.4 Å². The van der Waals surface area contributed by atoms with E-state index in [4.69, 9.17) is 9.47 Å². The maximum Gasteiger partial charge on any atom is 0.330 e. The number of nitrogens with zero attached hydrogens (tertiary/aromatic N) is 1. The highest BCUT2D eigenvalue weighted by Gasteiger charge is 2.36. The topological polar surface area (TPSA) is 102 Å². The number of nitrogens with one attached hydrogen (secondary N) is 1. The minimum atomic E-state index is -1.07. The molecule has 2 aromatic carbocycles. The van der Waals surface area contributed by atoms with Crippen LogP contribution in [0.1, 0.15) is 103 Å². The number of benzene rings is 2. The molecule has 0 saturated carbocycles. The average Bonchev–Trinajstić information content (AvgIpc) is 2.90.